The minimum absolute atomic E-state index is 0.0687. The summed E-state index contributed by atoms with van der Waals surface area (Å²) in [6, 6.07) is 15.9. The molecule has 2 aromatic heterocycles. The van der Waals surface area contributed by atoms with Crippen LogP contribution in [0.3, 0.4) is 0 Å². The fourth-order valence-corrected chi connectivity index (χ4v) is 4.19. The summed E-state index contributed by atoms with van der Waals surface area (Å²) in [5.74, 6) is -2.57. The number of benzene rings is 2. The molecule has 2 amide bonds. The Morgan fingerprint density at radius 3 is 2.42 bits per heavy atom. The van der Waals surface area contributed by atoms with E-state index in [-0.39, 0.29) is 11.3 Å². The fraction of sp³-hybridized carbons (Fsp3) is 0.0833. The topological polar surface area (TPSA) is 63.2 Å². The summed E-state index contributed by atoms with van der Waals surface area (Å²) in [6.45, 7) is 0. The van der Waals surface area contributed by atoms with Crippen LogP contribution in [0.4, 0.5) is 18.9 Å². The first-order valence-corrected chi connectivity index (χ1v) is 10.6. The van der Waals surface area contributed by atoms with Gasteiger partial charge >= 0.3 is 6.18 Å². The zero-order chi connectivity index (χ0) is 23.3. The van der Waals surface area contributed by atoms with E-state index < -0.39 is 29.5 Å². The maximum absolute atomic E-state index is 13.7. The molecule has 0 N–H and O–H groups in total. The van der Waals surface area contributed by atoms with Crippen LogP contribution < -0.4 is 4.90 Å². The molecule has 2 aromatic carbocycles. The number of rotatable bonds is 2. The Bertz CT molecular complexity index is 1420. The number of aromatic nitrogens is 2. The number of amides is 2. The molecule has 0 bridgehead atoms. The number of nitrogens with zero attached hydrogens (tertiary/aromatic N) is 3. The molecule has 0 fully saturated rings. The van der Waals surface area contributed by atoms with Gasteiger partial charge in [0.05, 0.1) is 22.7 Å². The van der Waals surface area contributed by atoms with Crippen molar-refractivity contribution in [3.05, 3.63) is 99.9 Å². The zero-order valence-corrected chi connectivity index (χ0v) is 18.3. The minimum Gasteiger partial charge on any atom is -0.273 e. The van der Waals surface area contributed by atoms with E-state index in [0.717, 1.165) is 15.4 Å². The number of imide groups is 1. The van der Waals surface area contributed by atoms with Gasteiger partial charge in [0.2, 0.25) is 5.91 Å². The van der Waals surface area contributed by atoms with E-state index in [1.807, 2.05) is 0 Å². The van der Waals surface area contributed by atoms with Gasteiger partial charge in [0, 0.05) is 27.8 Å². The zero-order valence-electron chi connectivity index (χ0n) is 16.7. The molecule has 0 saturated carbocycles. The normalized spacial score (nSPS) is 16.2. The van der Waals surface area contributed by atoms with Crippen molar-refractivity contribution in [2.24, 2.45) is 0 Å². The van der Waals surface area contributed by atoms with E-state index in [9.17, 15) is 22.8 Å². The molecule has 1 atom stereocenters. The van der Waals surface area contributed by atoms with Crippen LogP contribution in [-0.2, 0) is 11.0 Å². The van der Waals surface area contributed by atoms with Gasteiger partial charge in [0.15, 0.2) is 0 Å². The van der Waals surface area contributed by atoms with Gasteiger partial charge in [0.1, 0.15) is 5.69 Å². The van der Waals surface area contributed by atoms with Crippen molar-refractivity contribution in [2.45, 2.75) is 12.1 Å². The third-order valence-corrected chi connectivity index (χ3v) is 6.01. The van der Waals surface area contributed by atoms with Gasteiger partial charge in [-0.05, 0) is 48.0 Å². The van der Waals surface area contributed by atoms with Crippen molar-refractivity contribution in [1.29, 1.82) is 0 Å². The van der Waals surface area contributed by atoms with Crippen LogP contribution in [0.15, 0.2) is 77.5 Å². The molecular formula is C24H13BrF3N3O2. The molecule has 5 rings (SSSR count). The highest BCUT2D eigenvalue weighted by molar-refractivity contribution is 9.10. The molecule has 1 aliphatic heterocycles. The Labute approximate surface area is 194 Å². The summed E-state index contributed by atoms with van der Waals surface area (Å²) in [5, 5.41) is 0.710. The summed E-state index contributed by atoms with van der Waals surface area (Å²) in [6.07, 6.45) is -2.42. The second-order valence-electron chi connectivity index (χ2n) is 7.50. The highest BCUT2D eigenvalue weighted by Gasteiger charge is 2.43. The van der Waals surface area contributed by atoms with Gasteiger partial charge in [-0.1, -0.05) is 34.1 Å². The van der Waals surface area contributed by atoms with E-state index in [2.05, 4.69) is 25.9 Å². The predicted octanol–water partition coefficient (Wildman–Crippen LogP) is 5.73. The highest BCUT2D eigenvalue weighted by atomic mass is 79.9. The average Bonchev–Trinajstić information content (AvgIpc) is 2.79. The van der Waals surface area contributed by atoms with Crippen LogP contribution in [0.1, 0.15) is 33.1 Å². The Morgan fingerprint density at radius 2 is 1.70 bits per heavy atom. The van der Waals surface area contributed by atoms with Gasteiger partial charge in [-0.3, -0.25) is 19.6 Å². The molecule has 164 valence electrons. The molecule has 1 unspecified atom stereocenters. The van der Waals surface area contributed by atoms with Crippen LogP contribution in [-0.4, -0.2) is 21.8 Å². The van der Waals surface area contributed by atoms with E-state index >= 15 is 0 Å². The van der Waals surface area contributed by atoms with Crippen LogP contribution >= 0.6 is 15.9 Å². The van der Waals surface area contributed by atoms with Crippen molar-refractivity contribution >= 4 is 44.3 Å². The van der Waals surface area contributed by atoms with E-state index in [0.29, 0.717) is 28.4 Å². The van der Waals surface area contributed by atoms with Gasteiger partial charge in [-0.2, -0.15) is 13.2 Å². The Hall–Kier alpha value is -3.59. The van der Waals surface area contributed by atoms with Crippen molar-refractivity contribution < 1.29 is 22.8 Å². The van der Waals surface area contributed by atoms with Crippen LogP contribution in [0.25, 0.3) is 10.9 Å². The number of alkyl halides is 3. The van der Waals surface area contributed by atoms with Gasteiger partial charge in [-0.15, -0.1) is 0 Å². The van der Waals surface area contributed by atoms with E-state index in [4.69, 9.17) is 0 Å². The number of fused-ring (bicyclic) bond motifs is 2. The first-order valence-electron chi connectivity index (χ1n) is 9.80. The summed E-state index contributed by atoms with van der Waals surface area (Å²) in [7, 11) is 0. The van der Waals surface area contributed by atoms with Crippen molar-refractivity contribution in [3.63, 3.8) is 0 Å². The van der Waals surface area contributed by atoms with Crippen LogP contribution in [0.2, 0.25) is 0 Å². The largest absolute Gasteiger partial charge is 0.417 e. The SMILES string of the molecule is O=C1c2ncc(C(F)(F)F)cc2C(c2ccc(Br)cc2)C(=O)N1c1ccc2ncccc2c1. The molecule has 0 spiro atoms. The Kier molecular flexibility index (Phi) is 5.01. The second-order valence-corrected chi connectivity index (χ2v) is 8.42. The maximum atomic E-state index is 13.7. The summed E-state index contributed by atoms with van der Waals surface area (Å²) < 4.78 is 40.9. The standard InChI is InChI=1S/C24H13BrF3N3O2/c25-16-5-3-13(4-6-16)20-18-11-15(24(26,27)28)12-30-21(18)23(33)31(22(20)32)17-7-8-19-14(10-17)2-1-9-29-19/h1-12,20H. The average molecular weight is 512 g/mol. The quantitative estimate of drug-likeness (QED) is 0.322. The lowest BCUT2D eigenvalue weighted by atomic mass is 9.84. The smallest absolute Gasteiger partial charge is 0.273 e. The monoisotopic (exact) mass is 511 g/mol. The van der Waals surface area contributed by atoms with Crippen LogP contribution in [0.5, 0.6) is 0 Å². The summed E-state index contributed by atoms with van der Waals surface area (Å²) in [5.41, 5.74) is 0.137. The van der Waals surface area contributed by atoms with Crippen molar-refractivity contribution in [3.8, 4) is 0 Å². The minimum atomic E-state index is -4.67. The lowest BCUT2D eigenvalue weighted by molar-refractivity contribution is -0.138. The molecule has 0 saturated heterocycles. The molecule has 3 heterocycles. The van der Waals surface area contributed by atoms with Gasteiger partial charge < -0.3 is 0 Å². The lowest BCUT2D eigenvalue weighted by Crippen LogP contribution is -2.46. The predicted molar refractivity (Wildman–Crippen MR) is 119 cm³/mol. The number of carbonyl (C=O) groups excluding carboxylic acids is 2. The molecule has 4 aromatic rings. The highest BCUT2D eigenvalue weighted by Crippen LogP contribution is 2.39. The third-order valence-electron chi connectivity index (χ3n) is 5.48. The maximum Gasteiger partial charge on any atom is 0.417 e. The number of carbonyl (C=O) groups is 2. The van der Waals surface area contributed by atoms with Crippen molar-refractivity contribution in [2.75, 3.05) is 4.90 Å². The summed E-state index contributed by atoms with van der Waals surface area (Å²) in [4.78, 5) is 36.0. The van der Waals surface area contributed by atoms with E-state index in [1.54, 1.807) is 60.8 Å². The molecule has 9 heteroatoms. The Balaban J connectivity index is 1.71. The molecule has 33 heavy (non-hydrogen) atoms. The van der Waals surface area contributed by atoms with E-state index in [1.165, 1.54) is 0 Å². The first kappa shape index (κ1) is 21.3. The third kappa shape index (κ3) is 3.68. The number of anilines is 1. The number of pyridine rings is 2. The number of halogens is 4. The summed E-state index contributed by atoms with van der Waals surface area (Å²) >= 11 is 3.32. The second kappa shape index (κ2) is 7.77. The Morgan fingerprint density at radius 1 is 0.939 bits per heavy atom. The lowest BCUT2D eigenvalue weighted by Gasteiger charge is -2.32. The molecule has 0 aliphatic carbocycles. The van der Waals surface area contributed by atoms with Gasteiger partial charge in [-0.25, -0.2) is 4.90 Å². The van der Waals surface area contributed by atoms with Crippen molar-refractivity contribution in [1.82, 2.24) is 9.97 Å². The van der Waals surface area contributed by atoms with Gasteiger partial charge in [0.25, 0.3) is 5.91 Å². The number of hydrogen-bond donors (Lipinski definition) is 0. The fourth-order valence-electron chi connectivity index (χ4n) is 3.93. The molecule has 5 nitrogen and oxygen atoms in total. The van der Waals surface area contributed by atoms with Crippen LogP contribution in [0, 0.1) is 0 Å². The first-order chi connectivity index (χ1) is 15.7. The molecular weight excluding hydrogens is 499 g/mol. The number of hydrogen-bond acceptors (Lipinski definition) is 4. The molecule has 1 aliphatic rings. The molecule has 0 radical (unpaired) electrons.